The number of ether oxygens (including phenoxy) is 1. The monoisotopic (exact) mass is 298 g/mol. The maximum Gasteiger partial charge on any atom is 0.122 e. The summed E-state index contributed by atoms with van der Waals surface area (Å²) in [6.45, 7) is 1.57. The average molecular weight is 299 g/mol. The maximum absolute atomic E-state index is 8.88. The molecule has 3 nitrogen and oxygen atoms in total. The smallest absolute Gasteiger partial charge is 0.122 e. The summed E-state index contributed by atoms with van der Waals surface area (Å²) in [5, 5.41) is 12.8. The topological polar surface area (TPSA) is 45.0 Å². The summed E-state index contributed by atoms with van der Waals surface area (Å²) in [6.07, 6.45) is 0.994. The first-order valence-corrected chi connectivity index (χ1v) is 7.31. The standard InChI is InChI=1S/C17H15ClN2O/c18-16-9-14(6-5-12(16)10-19)20-11-13-7-8-21-17-4-2-1-3-15(13)17/h1-6,9,13,20H,7-8,11H2. The van der Waals surface area contributed by atoms with Crippen LogP contribution in [0.2, 0.25) is 5.02 Å². The Morgan fingerprint density at radius 2 is 2.14 bits per heavy atom. The van der Waals surface area contributed by atoms with Gasteiger partial charge in [-0.15, -0.1) is 0 Å². The lowest BCUT2D eigenvalue weighted by Crippen LogP contribution is -2.20. The highest BCUT2D eigenvalue weighted by molar-refractivity contribution is 6.32. The van der Waals surface area contributed by atoms with E-state index in [4.69, 9.17) is 21.6 Å². The van der Waals surface area contributed by atoms with Crippen LogP contribution in [-0.2, 0) is 0 Å². The molecule has 1 aliphatic rings. The Hall–Kier alpha value is -2.18. The number of fused-ring (bicyclic) bond motifs is 1. The zero-order chi connectivity index (χ0) is 14.7. The minimum atomic E-state index is 0.421. The number of anilines is 1. The Balaban J connectivity index is 1.72. The number of rotatable bonds is 3. The second kappa shape index (κ2) is 6.07. The van der Waals surface area contributed by atoms with Gasteiger partial charge in [-0.2, -0.15) is 5.26 Å². The van der Waals surface area contributed by atoms with Gasteiger partial charge >= 0.3 is 0 Å². The number of benzene rings is 2. The van der Waals surface area contributed by atoms with Crippen molar-refractivity contribution >= 4 is 17.3 Å². The van der Waals surface area contributed by atoms with Gasteiger partial charge in [0.05, 0.1) is 17.2 Å². The van der Waals surface area contributed by atoms with Crippen molar-refractivity contribution in [2.45, 2.75) is 12.3 Å². The first-order valence-electron chi connectivity index (χ1n) is 6.93. The molecule has 0 bridgehead atoms. The van der Waals surface area contributed by atoms with Gasteiger partial charge in [0.2, 0.25) is 0 Å². The lowest BCUT2D eigenvalue weighted by Gasteiger charge is -2.26. The third-order valence-electron chi connectivity index (χ3n) is 3.72. The fourth-order valence-corrected chi connectivity index (χ4v) is 2.81. The molecule has 106 valence electrons. The summed E-state index contributed by atoms with van der Waals surface area (Å²) in [7, 11) is 0. The molecule has 21 heavy (non-hydrogen) atoms. The quantitative estimate of drug-likeness (QED) is 0.924. The van der Waals surface area contributed by atoms with Gasteiger partial charge in [-0.3, -0.25) is 0 Å². The maximum atomic E-state index is 8.88. The summed E-state index contributed by atoms with van der Waals surface area (Å²) >= 11 is 6.05. The van der Waals surface area contributed by atoms with E-state index >= 15 is 0 Å². The number of halogens is 1. The Morgan fingerprint density at radius 1 is 1.29 bits per heavy atom. The van der Waals surface area contributed by atoms with Gasteiger partial charge in [0.15, 0.2) is 0 Å². The molecule has 2 aromatic rings. The first kappa shape index (κ1) is 13.8. The lowest BCUT2D eigenvalue weighted by atomic mass is 9.93. The normalized spacial score (nSPS) is 16.5. The molecule has 0 aliphatic carbocycles. The molecule has 0 fully saturated rings. The van der Waals surface area contributed by atoms with Gasteiger partial charge in [-0.05, 0) is 36.2 Å². The number of nitrogens with one attached hydrogen (secondary N) is 1. The van der Waals surface area contributed by atoms with Crippen molar-refractivity contribution in [3.63, 3.8) is 0 Å². The van der Waals surface area contributed by atoms with Crippen molar-refractivity contribution in [1.82, 2.24) is 0 Å². The summed E-state index contributed by atoms with van der Waals surface area (Å²) in [5.74, 6) is 1.40. The second-order valence-corrected chi connectivity index (χ2v) is 5.47. The minimum Gasteiger partial charge on any atom is -0.493 e. The highest BCUT2D eigenvalue weighted by atomic mass is 35.5. The Morgan fingerprint density at radius 3 is 2.95 bits per heavy atom. The summed E-state index contributed by atoms with van der Waals surface area (Å²) in [4.78, 5) is 0. The molecule has 0 spiro atoms. The molecular weight excluding hydrogens is 284 g/mol. The molecule has 0 radical (unpaired) electrons. The fraction of sp³-hybridized carbons (Fsp3) is 0.235. The van der Waals surface area contributed by atoms with Crippen LogP contribution in [0.15, 0.2) is 42.5 Å². The van der Waals surface area contributed by atoms with Gasteiger partial charge < -0.3 is 10.1 Å². The van der Waals surface area contributed by atoms with Crippen molar-refractivity contribution in [2.24, 2.45) is 0 Å². The zero-order valence-electron chi connectivity index (χ0n) is 11.5. The van der Waals surface area contributed by atoms with Crippen molar-refractivity contribution in [3.8, 4) is 11.8 Å². The molecule has 0 saturated carbocycles. The number of nitriles is 1. The predicted molar refractivity (Wildman–Crippen MR) is 84.0 cm³/mol. The van der Waals surface area contributed by atoms with Gasteiger partial charge in [0, 0.05) is 18.2 Å². The first-order chi connectivity index (χ1) is 10.3. The fourth-order valence-electron chi connectivity index (χ4n) is 2.58. The van der Waals surface area contributed by atoms with Crippen molar-refractivity contribution in [2.75, 3.05) is 18.5 Å². The van der Waals surface area contributed by atoms with E-state index in [1.165, 1.54) is 5.56 Å². The van der Waals surface area contributed by atoms with Crippen LogP contribution in [0.5, 0.6) is 5.75 Å². The van der Waals surface area contributed by atoms with Crippen LogP contribution in [0, 0.1) is 11.3 Å². The summed E-state index contributed by atoms with van der Waals surface area (Å²) in [5.41, 5.74) is 2.68. The molecule has 1 unspecified atom stereocenters. The molecule has 1 atom stereocenters. The third kappa shape index (κ3) is 2.96. The van der Waals surface area contributed by atoms with Crippen LogP contribution in [0.25, 0.3) is 0 Å². The van der Waals surface area contributed by atoms with Gasteiger partial charge in [0.1, 0.15) is 11.8 Å². The molecule has 0 amide bonds. The second-order valence-electron chi connectivity index (χ2n) is 5.06. The highest BCUT2D eigenvalue weighted by Crippen LogP contribution is 2.33. The van der Waals surface area contributed by atoms with Crippen molar-refractivity contribution in [1.29, 1.82) is 5.26 Å². The molecule has 0 saturated heterocycles. The van der Waals surface area contributed by atoms with Crippen LogP contribution in [-0.4, -0.2) is 13.2 Å². The molecule has 1 aliphatic heterocycles. The number of nitrogens with zero attached hydrogens (tertiary/aromatic N) is 1. The van der Waals surface area contributed by atoms with E-state index in [0.717, 1.165) is 31.0 Å². The summed E-state index contributed by atoms with van der Waals surface area (Å²) < 4.78 is 5.67. The van der Waals surface area contributed by atoms with E-state index in [1.807, 2.05) is 24.3 Å². The third-order valence-corrected chi connectivity index (χ3v) is 4.04. The van der Waals surface area contributed by atoms with E-state index in [2.05, 4.69) is 17.5 Å². The van der Waals surface area contributed by atoms with Gasteiger partial charge in [-0.25, -0.2) is 0 Å². The van der Waals surface area contributed by atoms with Crippen molar-refractivity contribution < 1.29 is 4.74 Å². The highest BCUT2D eigenvalue weighted by Gasteiger charge is 2.20. The van der Waals surface area contributed by atoms with E-state index in [-0.39, 0.29) is 0 Å². The predicted octanol–water partition coefficient (Wildman–Crippen LogP) is 4.19. The largest absolute Gasteiger partial charge is 0.493 e. The number of para-hydroxylation sites is 1. The molecule has 1 heterocycles. The van der Waals surface area contributed by atoms with E-state index < -0.39 is 0 Å². The van der Waals surface area contributed by atoms with E-state index in [9.17, 15) is 0 Å². The molecule has 3 rings (SSSR count). The molecule has 2 aromatic carbocycles. The van der Waals surface area contributed by atoms with Crippen molar-refractivity contribution in [3.05, 3.63) is 58.6 Å². The molecule has 0 aromatic heterocycles. The SMILES string of the molecule is N#Cc1ccc(NCC2CCOc3ccccc32)cc1Cl. The van der Waals surface area contributed by atoms with Crippen LogP contribution < -0.4 is 10.1 Å². The molecular formula is C17H15ClN2O. The average Bonchev–Trinajstić information content (AvgIpc) is 2.53. The number of hydrogen-bond acceptors (Lipinski definition) is 3. The van der Waals surface area contributed by atoms with Gasteiger partial charge in [-0.1, -0.05) is 29.8 Å². The minimum absolute atomic E-state index is 0.421. The lowest BCUT2D eigenvalue weighted by molar-refractivity contribution is 0.270. The Kier molecular flexibility index (Phi) is 3.98. The van der Waals surface area contributed by atoms with Crippen LogP contribution in [0.4, 0.5) is 5.69 Å². The van der Waals surface area contributed by atoms with Gasteiger partial charge in [0.25, 0.3) is 0 Å². The van der Waals surface area contributed by atoms with E-state index in [1.54, 1.807) is 12.1 Å². The Labute approximate surface area is 129 Å². The number of hydrogen-bond donors (Lipinski definition) is 1. The molecule has 1 N–H and O–H groups in total. The zero-order valence-corrected chi connectivity index (χ0v) is 12.2. The van der Waals surface area contributed by atoms with Crippen LogP contribution >= 0.6 is 11.6 Å². The van der Waals surface area contributed by atoms with E-state index in [0.29, 0.717) is 16.5 Å². The summed E-state index contributed by atoms with van der Waals surface area (Å²) in [6, 6.07) is 15.7. The van der Waals surface area contributed by atoms with Crippen LogP contribution in [0.3, 0.4) is 0 Å². The molecule has 4 heteroatoms. The Bertz CT molecular complexity index is 693. The van der Waals surface area contributed by atoms with Crippen LogP contribution in [0.1, 0.15) is 23.5 Å².